The molecule has 0 unspecified atom stereocenters. The van der Waals surface area contributed by atoms with E-state index in [-0.39, 0.29) is 6.04 Å². The highest BCUT2D eigenvalue weighted by atomic mass is 32.2. The van der Waals surface area contributed by atoms with Crippen molar-refractivity contribution >= 4 is 10.0 Å². The van der Waals surface area contributed by atoms with Crippen molar-refractivity contribution < 1.29 is 8.42 Å². The maximum atomic E-state index is 12.2. The summed E-state index contributed by atoms with van der Waals surface area (Å²) in [6.07, 6.45) is 6.39. The first-order valence-electron chi connectivity index (χ1n) is 7.48. The van der Waals surface area contributed by atoms with Gasteiger partial charge in [0, 0.05) is 19.1 Å². The van der Waals surface area contributed by atoms with Crippen LogP contribution in [-0.4, -0.2) is 27.5 Å². The Kier molecular flexibility index (Phi) is 4.10. The first-order valence-corrected chi connectivity index (χ1v) is 8.96. The van der Waals surface area contributed by atoms with Gasteiger partial charge in [0.25, 0.3) is 0 Å². The minimum Gasteiger partial charge on any atom is -0.313 e. The molecule has 1 aromatic rings. The molecule has 1 aromatic carbocycles. The topological polar surface area (TPSA) is 58.2 Å². The number of hydrogen-bond acceptors (Lipinski definition) is 3. The Morgan fingerprint density at radius 1 is 1.00 bits per heavy atom. The molecule has 5 heteroatoms. The minimum atomic E-state index is -3.36. The van der Waals surface area contributed by atoms with Gasteiger partial charge in [0.15, 0.2) is 0 Å². The first-order chi connectivity index (χ1) is 9.65. The Morgan fingerprint density at radius 2 is 1.65 bits per heavy atom. The highest BCUT2D eigenvalue weighted by Crippen LogP contribution is 2.32. The monoisotopic (exact) mass is 294 g/mol. The second-order valence-corrected chi connectivity index (χ2v) is 7.59. The molecule has 2 aliphatic rings. The summed E-state index contributed by atoms with van der Waals surface area (Å²) >= 11 is 0. The molecular weight excluding hydrogens is 272 g/mol. The predicted octanol–water partition coefficient (Wildman–Crippen LogP) is 1.98. The molecule has 2 fully saturated rings. The fourth-order valence-electron chi connectivity index (χ4n) is 3.01. The van der Waals surface area contributed by atoms with Crippen molar-refractivity contribution in [2.75, 3.05) is 13.1 Å². The average molecular weight is 294 g/mol. The lowest BCUT2D eigenvalue weighted by Gasteiger charge is -2.27. The average Bonchev–Trinajstić information content (AvgIpc) is 2.44. The van der Waals surface area contributed by atoms with Gasteiger partial charge in [-0.2, -0.15) is 0 Å². The third kappa shape index (κ3) is 3.05. The van der Waals surface area contributed by atoms with Gasteiger partial charge in [-0.15, -0.1) is 0 Å². The zero-order valence-corrected chi connectivity index (χ0v) is 12.5. The van der Waals surface area contributed by atoms with Gasteiger partial charge in [-0.25, -0.2) is 13.1 Å². The molecule has 110 valence electrons. The van der Waals surface area contributed by atoms with E-state index in [0.29, 0.717) is 10.8 Å². The first kappa shape index (κ1) is 14.0. The second-order valence-electron chi connectivity index (χ2n) is 5.88. The third-order valence-corrected chi connectivity index (χ3v) is 5.91. The van der Waals surface area contributed by atoms with Crippen LogP contribution in [0.5, 0.6) is 0 Å². The van der Waals surface area contributed by atoms with Crippen LogP contribution in [0.15, 0.2) is 29.2 Å². The Labute approximate surface area is 121 Å². The van der Waals surface area contributed by atoms with Crippen LogP contribution >= 0.6 is 0 Å². The predicted molar refractivity (Wildman–Crippen MR) is 79.2 cm³/mol. The van der Waals surface area contributed by atoms with Crippen molar-refractivity contribution in [2.24, 2.45) is 0 Å². The molecular formula is C15H22N2O2S. The van der Waals surface area contributed by atoms with Crippen molar-refractivity contribution in [3.63, 3.8) is 0 Å². The Balaban J connectivity index is 1.71. The van der Waals surface area contributed by atoms with E-state index in [1.54, 1.807) is 12.1 Å². The van der Waals surface area contributed by atoms with Crippen molar-refractivity contribution in [1.82, 2.24) is 10.0 Å². The van der Waals surface area contributed by atoms with Crippen LogP contribution in [0.1, 0.15) is 43.6 Å². The molecule has 1 aliphatic heterocycles. The number of rotatable bonds is 4. The van der Waals surface area contributed by atoms with Gasteiger partial charge in [-0.3, -0.25) is 0 Å². The molecule has 2 N–H and O–H groups in total. The fourth-order valence-corrected chi connectivity index (χ4v) is 4.25. The van der Waals surface area contributed by atoms with Gasteiger partial charge in [-0.05, 0) is 36.5 Å². The highest BCUT2D eigenvalue weighted by molar-refractivity contribution is 7.89. The second kappa shape index (κ2) is 5.84. The van der Waals surface area contributed by atoms with E-state index in [0.717, 1.165) is 13.1 Å². The van der Waals surface area contributed by atoms with E-state index in [2.05, 4.69) is 10.0 Å². The summed E-state index contributed by atoms with van der Waals surface area (Å²) in [7, 11) is -3.36. The van der Waals surface area contributed by atoms with Crippen LogP contribution < -0.4 is 10.0 Å². The lowest BCUT2D eigenvalue weighted by molar-refractivity contribution is 0.410. The molecule has 0 spiro atoms. The standard InChI is InChI=1S/C15H22N2O2S/c18-20(19,17-14-10-16-11-14)15-8-6-13(7-9-15)12-4-2-1-3-5-12/h6-9,12,14,16-17H,1-5,10-11H2. The smallest absolute Gasteiger partial charge is 0.240 e. The van der Waals surface area contributed by atoms with Gasteiger partial charge in [0.2, 0.25) is 10.0 Å². The van der Waals surface area contributed by atoms with Crippen molar-refractivity contribution in [3.8, 4) is 0 Å². The Hall–Kier alpha value is -0.910. The molecule has 1 saturated heterocycles. The zero-order valence-electron chi connectivity index (χ0n) is 11.6. The van der Waals surface area contributed by atoms with Crippen molar-refractivity contribution in [2.45, 2.75) is 49.0 Å². The molecule has 0 amide bonds. The molecule has 20 heavy (non-hydrogen) atoms. The maximum absolute atomic E-state index is 12.2. The van der Waals surface area contributed by atoms with Crippen LogP contribution in [0, 0.1) is 0 Å². The van der Waals surface area contributed by atoms with Crippen LogP contribution in [0.4, 0.5) is 0 Å². The summed E-state index contributed by atoms with van der Waals surface area (Å²) in [5.41, 5.74) is 1.29. The molecule has 3 rings (SSSR count). The fraction of sp³-hybridized carbons (Fsp3) is 0.600. The quantitative estimate of drug-likeness (QED) is 0.893. The Morgan fingerprint density at radius 3 is 2.20 bits per heavy atom. The van der Waals surface area contributed by atoms with E-state index in [4.69, 9.17) is 0 Å². The summed E-state index contributed by atoms with van der Waals surface area (Å²) in [5, 5.41) is 3.06. The van der Waals surface area contributed by atoms with E-state index in [9.17, 15) is 8.42 Å². The van der Waals surface area contributed by atoms with Gasteiger partial charge in [0.05, 0.1) is 4.90 Å². The molecule has 0 atom stereocenters. The number of nitrogens with one attached hydrogen (secondary N) is 2. The van der Waals surface area contributed by atoms with E-state index in [1.165, 1.54) is 37.7 Å². The molecule has 1 aliphatic carbocycles. The largest absolute Gasteiger partial charge is 0.313 e. The van der Waals surface area contributed by atoms with Gasteiger partial charge in [0.1, 0.15) is 0 Å². The van der Waals surface area contributed by atoms with Crippen LogP contribution in [-0.2, 0) is 10.0 Å². The van der Waals surface area contributed by atoms with Crippen molar-refractivity contribution in [1.29, 1.82) is 0 Å². The van der Waals surface area contributed by atoms with Gasteiger partial charge in [-0.1, -0.05) is 31.4 Å². The minimum absolute atomic E-state index is 0.0398. The molecule has 1 saturated carbocycles. The van der Waals surface area contributed by atoms with Crippen LogP contribution in [0.25, 0.3) is 0 Å². The lowest BCUT2D eigenvalue weighted by Crippen LogP contribution is -2.56. The highest BCUT2D eigenvalue weighted by Gasteiger charge is 2.24. The number of hydrogen-bond donors (Lipinski definition) is 2. The molecule has 1 heterocycles. The zero-order chi connectivity index (χ0) is 14.0. The van der Waals surface area contributed by atoms with Crippen LogP contribution in [0.2, 0.25) is 0 Å². The lowest BCUT2D eigenvalue weighted by atomic mass is 9.84. The maximum Gasteiger partial charge on any atom is 0.240 e. The summed E-state index contributed by atoms with van der Waals surface area (Å²) in [6.45, 7) is 1.44. The third-order valence-electron chi connectivity index (χ3n) is 4.37. The molecule has 0 radical (unpaired) electrons. The normalized spacial score (nSPS) is 21.6. The van der Waals surface area contributed by atoms with Gasteiger partial charge < -0.3 is 5.32 Å². The van der Waals surface area contributed by atoms with E-state index < -0.39 is 10.0 Å². The molecule has 0 bridgehead atoms. The van der Waals surface area contributed by atoms with Gasteiger partial charge >= 0.3 is 0 Å². The SMILES string of the molecule is O=S(=O)(NC1CNC1)c1ccc(C2CCCCC2)cc1. The summed E-state index contributed by atoms with van der Waals surface area (Å²) in [6, 6.07) is 7.52. The Bertz CT molecular complexity index is 544. The van der Waals surface area contributed by atoms with E-state index >= 15 is 0 Å². The van der Waals surface area contributed by atoms with Crippen LogP contribution in [0.3, 0.4) is 0 Å². The summed E-state index contributed by atoms with van der Waals surface area (Å²) in [5.74, 6) is 0.615. The number of benzene rings is 1. The number of sulfonamides is 1. The molecule has 0 aromatic heterocycles. The molecule has 4 nitrogen and oxygen atoms in total. The van der Waals surface area contributed by atoms with Crippen molar-refractivity contribution in [3.05, 3.63) is 29.8 Å². The van der Waals surface area contributed by atoms with E-state index in [1.807, 2.05) is 12.1 Å². The summed E-state index contributed by atoms with van der Waals surface area (Å²) in [4.78, 5) is 0.379. The summed E-state index contributed by atoms with van der Waals surface area (Å²) < 4.78 is 27.1.